The molecule has 3 heterocycles. The highest BCUT2D eigenvalue weighted by molar-refractivity contribution is 7.30. The van der Waals surface area contributed by atoms with Gasteiger partial charge in [0.1, 0.15) is 0 Å². The fourth-order valence-corrected chi connectivity index (χ4v) is 16.8. The van der Waals surface area contributed by atoms with Gasteiger partial charge in [0, 0.05) is 43.7 Å². The topological polar surface area (TPSA) is 6.48 Å². The molecule has 75 heavy (non-hydrogen) atoms. The number of nitrogens with zero attached hydrogens (tertiary/aromatic N) is 2. The summed E-state index contributed by atoms with van der Waals surface area (Å²) >= 11 is 2.08. The van der Waals surface area contributed by atoms with Crippen LogP contribution in [0.5, 0.6) is 0 Å². The number of anilines is 6. The van der Waals surface area contributed by atoms with Gasteiger partial charge in [-0.3, -0.25) is 0 Å². The van der Waals surface area contributed by atoms with Gasteiger partial charge >= 0.3 is 0 Å². The van der Waals surface area contributed by atoms with Crippen LogP contribution in [-0.2, 0) is 16.2 Å². The molecule has 6 aliphatic rings. The van der Waals surface area contributed by atoms with Crippen LogP contribution in [0, 0.1) is 6.92 Å². The fraction of sp³-hybridized carbons (Fsp3) is 0.0986. The second-order valence-electron chi connectivity index (χ2n) is 22.7. The molecule has 352 valence electrons. The van der Waals surface area contributed by atoms with E-state index < -0.39 is 10.8 Å². The first-order valence-electron chi connectivity index (χ1n) is 26.6. The number of hydrogen-bond acceptors (Lipinski definition) is 3. The molecule has 4 heteroatoms. The van der Waals surface area contributed by atoms with E-state index in [0.717, 1.165) is 5.69 Å². The van der Waals surface area contributed by atoms with Gasteiger partial charge in [0.05, 0.1) is 16.5 Å². The Morgan fingerprint density at radius 2 is 0.853 bits per heavy atom. The Kier molecular flexibility index (Phi) is 8.08. The van der Waals surface area contributed by atoms with E-state index in [1.807, 2.05) is 0 Å². The van der Waals surface area contributed by atoms with Crippen molar-refractivity contribution in [2.24, 2.45) is 0 Å². The SMILES string of the molecule is Cc1cc2c3c(c1)N(c1ccccc1)c1c(sc4c1-c1ccc(C(C)(C)C)cc1C41c4ccccc4-c4ccccc41)B3c1cc3c(cc1N2c1ccccc1)C1(c2ccccc2-c2ccccc21)c1ccccc1-3. The first-order valence-corrected chi connectivity index (χ1v) is 27.4. The van der Waals surface area contributed by atoms with E-state index >= 15 is 0 Å². The summed E-state index contributed by atoms with van der Waals surface area (Å²) in [7, 11) is 0. The van der Waals surface area contributed by atoms with Crippen molar-refractivity contribution in [2.45, 2.75) is 43.9 Å². The molecule has 2 aliphatic heterocycles. The van der Waals surface area contributed by atoms with Crippen LogP contribution in [0.3, 0.4) is 0 Å². The number of benzene rings is 10. The standard InChI is InChI=1S/C71H49BN2S/c1-42-37-62-65-63(38-42)74(45-23-9-6-10-24-45)66-64-51-36-35-43(69(2,3)4)39-58(51)71(56-33-19-13-27-48(56)49-28-14-20-34-57(49)71)67(64)75-68(66)72(65)60-40-52-50-29-15-18-32-55(50)70(59(52)41-61(60)73(62)44-21-7-5-8-22-44)53-30-16-11-25-46(53)47-26-12-17-31-54(47)70/h5-41H,1-4H3. The van der Waals surface area contributed by atoms with E-state index in [2.05, 4.69) is 273 Å². The Hall–Kier alpha value is -8.44. The van der Waals surface area contributed by atoms with Gasteiger partial charge in [-0.1, -0.05) is 203 Å². The van der Waals surface area contributed by atoms with Gasteiger partial charge in [0.15, 0.2) is 0 Å². The summed E-state index contributed by atoms with van der Waals surface area (Å²) in [6, 6.07) is 86.5. The van der Waals surface area contributed by atoms with Crippen LogP contribution in [-0.4, -0.2) is 6.71 Å². The molecule has 0 saturated carbocycles. The smallest absolute Gasteiger partial charge is 0.264 e. The highest BCUT2D eigenvalue weighted by atomic mass is 32.1. The molecular formula is C71H49BN2S. The summed E-state index contributed by atoms with van der Waals surface area (Å²) in [4.78, 5) is 6.71. The van der Waals surface area contributed by atoms with Gasteiger partial charge in [-0.2, -0.15) is 0 Å². The lowest BCUT2D eigenvalue weighted by atomic mass is 9.36. The monoisotopic (exact) mass is 972 g/mol. The summed E-state index contributed by atoms with van der Waals surface area (Å²) in [5.74, 6) is 0. The summed E-state index contributed by atoms with van der Waals surface area (Å²) in [6.45, 7) is 9.32. The van der Waals surface area contributed by atoms with Gasteiger partial charge in [0.25, 0.3) is 6.71 Å². The molecule has 17 rings (SSSR count). The van der Waals surface area contributed by atoms with Crippen molar-refractivity contribution < 1.29 is 0 Å². The molecule has 0 unspecified atom stereocenters. The quantitative estimate of drug-likeness (QED) is 0.159. The molecule has 10 aromatic carbocycles. The summed E-state index contributed by atoms with van der Waals surface area (Å²) < 4.78 is 1.40. The number of hydrogen-bond donors (Lipinski definition) is 0. The number of para-hydroxylation sites is 2. The normalized spacial score (nSPS) is 15.3. The molecule has 0 atom stereocenters. The average Bonchev–Trinajstić information content (AvgIpc) is 4.42. The molecule has 0 amide bonds. The Bertz CT molecular complexity index is 4240. The zero-order chi connectivity index (χ0) is 49.7. The minimum Gasteiger partial charge on any atom is -0.311 e. The Morgan fingerprint density at radius 1 is 0.400 bits per heavy atom. The lowest BCUT2D eigenvalue weighted by Gasteiger charge is -2.44. The maximum Gasteiger partial charge on any atom is 0.264 e. The molecule has 0 radical (unpaired) electrons. The minimum absolute atomic E-state index is 0.0389. The van der Waals surface area contributed by atoms with Gasteiger partial charge in [0.2, 0.25) is 0 Å². The first-order chi connectivity index (χ1) is 36.8. The van der Waals surface area contributed by atoms with Crippen LogP contribution in [0.4, 0.5) is 34.1 Å². The van der Waals surface area contributed by atoms with Crippen molar-refractivity contribution in [1.29, 1.82) is 0 Å². The minimum atomic E-state index is -0.505. The molecule has 0 fully saturated rings. The van der Waals surface area contributed by atoms with Crippen LogP contribution in [0.2, 0.25) is 0 Å². The third-order valence-electron chi connectivity index (χ3n) is 18.0. The summed E-state index contributed by atoms with van der Waals surface area (Å²) in [5.41, 5.74) is 31.9. The van der Waals surface area contributed by atoms with E-state index in [4.69, 9.17) is 0 Å². The van der Waals surface area contributed by atoms with Crippen molar-refractivity contribution >= 4 is 67.9 Å². The van der Waals surface area contributed by atoms with E-state index in [1.54, 1.807) is 0 Å². The lowest BCUT2D eigenvalue weighted by Crippen LogP contribution is -2.60. The molecular weight excluding hydrogens is 924 g/mol. The van der Waals surface area contributed by atoms with Crippen molar-refractivity contribution in [3.63, 3.8) is 0 Å². The molecule has 11 aromatic rings. The number of rotatable bonds is 2. The van der Waals surface area contributed by atoms with Crippen LogP contribution in [0.15, 0.2) is 224 Å². The highest BCUT2D eigenvalue weighted by Crippen LogP contribution is 2.68. The van der Waals surface area contributed by atoms with E-state index in [1.165, 1.54) is 144 Å². The molecule has 2 spiro atoms. The van der Waals surface area contributed by atoms with Crippen LogP contribution in [0.25, 0.3) is 44.5 Å². The Labute approximate surface area is 443 Å². The second-order valence-corrected chi connectivity index (χ2v) is 23.8. The predicted molar refractivity (Wildman–Crippen MR) is 314 cm³/mol. The lowest BCUT2D eigenvalue weighted by molar-refractivity contribution is 0.588. The van der Waals surface area contributed by atoms with Gasteiger partial charge in [-0.05, 0) is 155 Å². The Balaban J connectivity index is 1.03. The molecule has 2 nitrogen and oxygen atoms in total. The van der Waals surface area contributed by atoms with E-state index in [9.17, 15) is 0 Å². The third kappa shape index (κ3) is 5.03. The van der Waals surface area contributed by atoms with E-state index in [0.29, 0.717) is 0 Å². The maximum absolute atomic E-state index is 2.67. The van der Waals surface area contributed by atoms with Crippen LogP contribution in [0.1, 0.15) is 75.7 Å². The van der Waals surface area contributed by atoms with Gasteiger partial charge in [-0.15, -0.1) is 11.3 Å². The molecule has 1 aromatic heterocycles. The number of thiophene rings is 1. The molecule has 0 N–H and O–H groups in total. The maximum atomic E-state index is 2.67. The zero-order valence-electron chi connectivity index (χ0n) is 42.2. The van der Waals surface area contributed by atoms with Crippen molar-refractivity contribution in [2.75, 3.05) is 9.80 Å². The fourth-order valence-electron chi connectivity index (χ4n) is 15.2. The van der Waals surface area contributed by atoms with Gasteiger partial charge in [-0.25, -0.2) is 0 Å². The summed E-state index contributed by atoms with van der Waals surface area (Å²) in [5, 5.41) is 0. The highest BCUT2D eigenvalue weighted by Gasteiger charge is 2.58. The van der Waals surface area contributed by atoms with Crippen molar-refractivity contribution in [3.05, 3.63) is 279 Å². The van der Waals surface area contributed by atoms with Crippen molar-refractivity contribution in [1.82, 2.24) is 0 Å². The second kappa shape index (κ2) is 14.4. The van der Waals surface area contributed by atoms with Crippen LogP contribution < -0.4 is 25.5 Å². The average molecular weight is 973 g/mol. The molecule has 4 aliphatic carbocycles. The van der Waals surface area contributed by atoms with Gasteiger partial charge < -0.3 is 9.80 Å². The van der Waals surface area contributed by atoms with E-state index in [-0.39, 0.29) is 12.1 Å². The molecule has 0 saturated heterocycles. The Morgan fingerprint density at radius 3 is 1.39 bits per heavy atom. The third-order valence-corrected chi connectivity index (χ3v) is 19.4. The first kappa shape index (κ1) is 42.0. The predicted octanol–water partition coefficient (Wildman–Crippen LogP) is 16.1. The number of fused-ring (bicyclic) bond motifs is 25. The van der Waals surface area contributed by atoms with Crippen molar-refractivity contribution in [3.8, 4) is 44.5 Å². The largest absolute Gasteiger partial charge is 0.311 e. The number of aryl methyl sites for hydroxylation is 1. The van der Waals surface area contributed by atoms with Crippen LogP contribution >= 0.6 is 11.3 Å². The summed E-state index contributed by atoms with van der Waals surface area (Å²) in [6.07, 6.45) is 0. The molecule has 0 bridgehead atoms. The zero-order valence-corrected chi connectivity index (χ0v) is 43.1.